The summed E-state index contributed by atoms with van der Waals surface area (Å²) in [6.07, 6.45) is 6.40. The third-order valence-corrected chi connectivity index (χ3v) is 2.53. The van der Waals surface area contributed by atoms with E-state index in [2.05, 4.69) is 10.9 Å². The van der Waals surface area contributed by atoms with E-state index >= 15 is 0 Å². The first-order valence-corrected chi connectivity index (χ1v) is 5.05. The van der Waals surface area contributed by atoms with Crippen LogP contribution in [0.4, 0.5) is 4.79 Å². The highest BCUT2D eigenvalue weighted by atomic mass is 16.2. The molecule has 0 aliphatic heterocycles. The first kappa shape index (κ1) is 10.8. The van der Waals surface area contributed by atoms with Crippen molar-refractivity contribution < 1.29 is 9.59 Å². The van der Waals surface area contributed by atoms with Crippen molar-refractivity contribution in [1.29, 1.82) is 0 Å². The molecule has 0 saturated heterocycles. The lowest BCUT2D eigenvalue weighted by Crippen LogP contribution is -2.46. The molecule has 14 heavy (non-hydrogen) atoms. The first-order chi connectivity index (χ1) is 6.70. The van der Waals surface area contributed by atoms with Crippen LogP contribution in [-0.2, 0) is 4.79 Å². The summed E-state index contributed by atoms with van der Waals surface area (Å²) in [4.78, 5) is 21.8. The number of primary amides is 1. The Morgan fingerprint density at radius 2 is 1.57 bits per heavy atom. The van der Waals surface area contributed by atoms with Crippen LogP contribution in [0, 0.1) is 5.92 Å². The summed E-state index contributed by atoms with van der Waals surface area (Å²) in [5, 5.41) is 0. The number of nitrogens with one attached hydrogen (secondary N) is 2. The average Bonchev–Trinajstić information content (AvgIpc) is 2.42. The van der Waals surface area contributed by atoms with Crippen molar-refractivity contribution in [3.05, 3.63) is 0 Å². The van der Waals surface area contributed by atoms with Gasteiger partial charge in [0.25, 0.3) is 0 Å². The van der Waals surface area contributed by atoms with Crippen LogP contribution in [0.25, 0.3) is 0 Å². The normalized spacial score (nSPS) is 18.3. The van der Waals surface area contributed by atoms with E-state index in [1.54, 1.807) is 0 Å². The molecule has 0 heterocycles. The second kappa shape index (κ2) is 5.47. The molecule has 80 valence electrons. The maximum absolute atomic E-state index is 11.5. The summed E-state index contributed by atoms with van der Waals surface area (Å²) >= 11 is 0. The van der Waals surface area contributed by atoms with Crippen molar-refractivity contribution in [2.24, 2.45) is 11.7 Å². The van der Waals surface area contributed by atoms with Gasteiger partial charge >= 0.3 is 6.03 Å². The second-order valence-corrected chi connectivity index (χ2v) is 3.67. The van der Waals surface area contributed by atoms with Gasteiger partial charge in [0.05, 0.1) is 0 Å². The maximum atomic E-state index is 11.5. The Bertz CT molecular complexity index is 210. The largest absolute Gasteiger partial charge is 0.350 e. The Morgan fingerprint density at radius 1 is 1.00 bits per heavy atom. The fraction of sp³-hybridized carbons (Fsp3) is 0.778. The van der Waals surface area contributed by atoms with Crippen LogP contribution >= 0.6 is 0 Å². The smallest absolute Gasteiger partial charge is 0.330 e. The fourth-order valence-electron chi connectivity index (χ4n) is 1.77. The SMILES string of the molecule is NC(=O)NNC(=O)C1CCCCCC1. The number of amides is 3. The maximum Gasteiger partial charge on any atom is 0.330 e. The zero-order valence-electron chi connectivity index (χ0n) is 8.21. The highest BCUT2D eigenvalue weighted by Crippen LogP contribution is 2.22. The lowest BCUT2D eigenvalue weighted by atomic mass is 10.00. The van der Waals surface area contributed by atoms with Crippen molar-refractivity contribution in [3.63, 3.8) is 0 Å². The van der Waals surface area contributed by atoms with Gasteiger partial charge in [-0.25, -0.2) is 10.2 Å². The predicted molar refractivity (Wildman–Crippen MR) is 52.1 cm³/mol. The highest BCUT2D eigenvalue weighted by molar-refractivity contribution is 5.81. The summed E-state index contributed by atoms with van der Waals surface area (Å²) in [5.74, 6) is -0.0879. The number of hydrazine groups is 1. The fourth-order valence-corrected chi connectivity index (χ4v) is 1.77. The quantitative estimate of drug-likeness (QED) is 0.428. The van der Waals surface area contributed by atoms with Crippen molar-refractivity contribution in [2.45, 2.75) is 38.5 Å². The summed E-state index contributed by atoms with van der Waals surface area (Å²) in [5.41, 5.74) is 9.25. The van der Waals surface area contributed by atoms with E-state index in [1.807, 2.05) is 0 Å². The first-order valence-electron chi connectivity index (χ1n) is 5.05. The summed E-state index contributed by atoms with van der Waals surface area (Å²) in [6.45, 7) is 0. The van der Waals surface area contributed by atoms with E-state index in [1.165, 1.54) is 12.8 Å². The third kappa shape index (κ3) is 3.64. The highest BCUT2D eigenvalue weighted by Gasteiger charge is 2.19. The summed E-state index contributed by atoms with van der Waals surface area (Å²) in [7, 11) is 0. The van der Waals surface area contributed by atoms with Gasteiger partial charge in [0.1, 0.15) is 0 Å². The van der Waals surface area contributed by atoms with Gasteiger partial charge in [-0.1, -0.05) is 25.7 Å². The Morgan fingerprint density at radius 3 is 2.07 bits per heavy atom. The molecule has 0 spiro atoms. The molecule has 1 aliphatic rings. The van der Waals surface area contributed by atoms with Gasteiger partial charge in [-0.2, -0.15) is 0 Å². The number of carbonyl (C=O) groups is 2. The monoisotopic (exact) mass is 199 g/mol. The molecule has 0 atom stereocenters. The van der Waals surface area contributed by atoms with Crippen molar-refractivity contribution in [2.75, 3.05) is 0 Å². The van der Waals surface area contributed by atoms with Gasteiger partial charge in [0, 0.05) is 5.92 Å². The molecular formula is C9H17N3O2. The number of carbonyl (C=O) groups excluding carboxylic acids is 2. The van der Waals surface area contributed by atoms with Gasteiger partial charge in [-0.05, 0) is 12.8 Å². The molecule has 1 fully saturated rings. The lowest BCUT2D eigenvalue weighted by Gasteiger charge is -2.13. The molecule has 5 nitrogen and oxygen atoms in total. The minimum atomic E-state index is -0.730. The number of urea groups is 1. The van der Waals surface area contributed by atoms with Crippen LogP contribution < -0.4 is 16.6 Å². The Balaban J connectivity index is 2.30. The molecular weight excluding hydrogens is 182 g/mol. The van der Waals surface area contributed by atoms with E-state index in [-0.39, 0.29) is 11.8 Å². The molecule has 0 unspecified atom stereocenters. The van der Waals surface area contributed by atoms with Gasteiger partial charge in [-0.15, -0.1) is 0 Å². The average molecular weight is 199 g/mol. The molecule has 0 aromatic carbocycles. The van der Waals surface area contributed by atoms with E-state index in [4.69, 9.17) is 5.73 Å². The van der Waals surface area contributed by atoms with E-state index in [0.717, 1.165) is 25.7 Å². The molecule has 0 aromatic rings. The molecule has 1 saturated carbocycles. The molecule has 5 heteroatoms. The van der Waals surface area contributed by atoms with Gasteiger partial charge in [-0.3, -0.25) is 10.2 Å². The molecule has 0 bridgehead atoms. The van der Waals surface area contributed by atoms with Gasteiger partial charge in [0.2, 0.25) is 5.91 Å². The van der Waals surface area contributed by atoms with Crippen molar-refractivity contribution >= 4 is 11.9 Å². The standard InChI is InChI=1S/C9H17N3O2/c10-9(14)12-11-8(13)7-5-3-1-2-4-6-7/h7H,1-6H2,(H,11,13)(H3,10,12,14). The number of rotatable bonds is 1. The van der Waals surface area contributed by atoms with Crippen LogP contribution in [0.1, 0.15) is 38.5 Å². The predicted octanol–water partition coefficient (Wildman–Crippen LogP) is 0.656. The van der Waals surface area contributed by atoms with Crippen molar-refractivity contribution in [3.8, 4) is 0 Å². The van der Waals surface area contributed by atoms with Gasteiger partial charge < -0.3 is 5.73 Å². The molecule has 1 rings (SSSR count). The number of nitrogens with two attached hydrogens (primary N) is 1. The molecule has 0 radical (unpaired) electrons. The summed E-state index contributed by atoms with van der Waals surface area (Å²) in [6, 6.07) is -0.730. The molecule has 0 aromatic heterocycles. The van der Waals surface area contributed by atoms with E-state index in [0.29, 0.717) is 0 Å². The minimum absolute atomic E-state index is 0.0318. The van der Waals surface area contributed by atoms with Crippen LogP contribution in [-0.4, -0.2) is 11.9 Å². The number of hydrogen-bond acceptors (Lipinski definition) is 2. The zero-order valence-corrected chi connectivity index (χ0v) is 8.21. The van der Waals surface area contributed by atoms with E-state index < -0.39 is 6.03 Å². The Hall–Kier alpha value is -1.26. The van der Waals surface area contributed by atoms with Crippen LogP contribution in [0.3, 0.4) is 0 Å². The molecule has 1 aliphatic carbocycles. The minimum Gasteiger partial charge on any atom is -0.350 e. The lowest BCUT2D eigenvalue weighted by molar-refractivity contribution is -0.126. The molecule has 4 N–H and O–H groups in total. The Labute approximate surface area is 83.4 Å². The zero-order chi connectivity index (χ0) is 10.4. The third-order valence-electron chi connectivity index (χ3n) is 2.53. The van der Waals surface area contributed by atoms with Crippen LogP contribution in [0.2, 0.25) is 0 Å². The van der Waals surface area contributed by atoms with Crippen LogP contribution in [0.5, 0.6) is 0 Å². The Kier molecular flexibility index (Phi) is 4.22. The van der Waals surface area contributed by atoms with Gasteiger partial charge in [0.15, 0.2) is 0 Å². The molecule has 3 amide bonds. The van der Waals surface area contributed by atoms with E-state index in [9.17, 15) is 9.59 Å². The number of hydrogen-bond donors (Lipinski definition) is 3. The van der Waals surface area contributed by atoms with Crippen molar-refractivity contribution in [1.82, 2.24) is 10.9 Å². The van der Waals surface area contributed by atoms with Crippen LogP contribution in [0.15, 0.2) is 0 Å². The summed E-state index contributed by atoms with van der Waals surface area (Å²) < 4.78 is 0. The second-order valence-electron chi connectivity index (χ2n) is 3.67. The topological polar surface area (TPSA) is 84.2 Å².